The van der Waals surface area contributed by atoms with Crippen molar-refractivity contribution in [2.45, 2.75) is 20.0 Å². The topological polar surface area (TPSA) is 78.7 Å². The minimum absolute atomic E-state index is 0.517. The van der Waals surface area contributed by atoms with E-state index in [1.807, 2.05) is 49.4 Å². The third-order valence-corrected chi connectivity index (χ3v) is 3.75. The molecule has 2 rings (SSSR count). The fourth-order valence-corrected chi connectivity index (χ4v) is 2.37. The summed E-state index contributed by atoms with van der Waals surface area (Å²) in [6.45, 7) is 3.94. The van der Waals surface area contributed by atoms with Crippen LogP contribution < -0.4 is 20.1 Å². The molecule has 0 aliphatic heterocycles. The summed E-state index contributed by atoms with van der Waals surface area (Å²) < 4.78 is 10.6. The van der Waals surface area contributed by atoms with Gasteiger partial charge in [0.15, 0.2) is 17.5 Å². The molecular formula is C20H24N4O2. The highest BCUT2D eigenvalue weighted by Crippen LogP contribution is 2.27. The van der Waals surface area contributed by atoms with E-state index in [4.69, 9.17) is 14.7 Å². The van der Waals surface area contributed by atoms with E-state index < -0.39 is 0 Å². The standard InChI is InChI=1S/C20H24N4O2/c1-4-22-20(23-13-16-7-5-15(12-21)6-8-16)24-14-17-9-10-18(25-2)19(11-17)26-3/h5-11H,4,13-14H2,1-3H3,(H2,22,23,24). The molecule has 0 aliphatic rings. The normalized spacial score (nSPS) is 10.8. The van der Waals surface area contributed by atoms with Crippen LogP contribution >= 0.6 is 0 Å². The van der Waals surface area contributed by atoms with Gasteiger partial charge in [0.25, 0.3) is 0 Å². The van der Waals surface area contributed by atoms with Crippen LogP contribution in [0, 0.1) is 11.3 Å². The molecule has 0 bridgehead atoms. The van der Waals surface area contributed by atoms with Gasteiger partial charge in [-0.2, -0.15) is 5.26 Å². The van der Waals surface area contributed by atoms with Gasteiger partial charge in [0.2, 0.25) is 0 Å². The number of nitrogens with zero attached hydrogens (tertiary/aromatic N) is 2. The quantitative estimate of drug-likeness (QED) is 0.592. The second kappa shape index (κ2) is 9.94. The maximum atomic E-state index is 8.85. The molecule has 2 aromatic rings. The summed E-state index contributed by atoms with van der Waals surface area (Å²) in [5, 5.41) is 15.4. The van der Waals surface area contributed by atoms with Gasteiger partial charge < -0.3 is 20.1 Å². The molecule has 26 heavy (non-hydrogen) atoms. The Morgan fingerprint density at radius 2 is 1.69 bits per heavy atom. The zero-order valence-electron chi connectivity index (χ0n) is 15.4. The molecule has 0 aliphatic carbocycles. The first-order valence-corrected chi connectivity index (χ1v) is 8.42. The molecular weight excluding hydrogens is 328 g/mol. The number of nitrogens with one attached hydrogen (secondary N) is 2. The van der Waals surface area contributed by atoms with Gasteiger partial charge in [0, 0.05) is 13.1 Å². The number of ether oxygens (including phenoxy) is 2. The monoisotopic (exact) mass is 352 g/mol. The van der Waals surface area contributed by atoms with Crippen molar-refractivity contribution >= 4 is 5.96 Å². The average molecular weight is 352 g/mol. The molecule has 0 saturated heterocycles. The Morgan fingerprint density at radius 1 is 1.00 bits per heavy atom. The van der Waals surface area contributed by atoms with Crippen molar-refractivity contribution in [2.24, 2.45) is 4.99 Å². The van der Waals surface area contributed by atoms with Gasteiger partial charge in [-0.15, -0.1) is 0 Å². The summed E-state index contributed by atoms with van der Waals surface area (Å²) in [5.41, 5.74) is 2.77. The summed E-state index contributed by atoms with van der Waals surface area (Å²) in [6.07, 6.45) is 0. The van der Waals surface area contributed by atoms with Gasteiger partial charge >= 0.3 is 0 Å². The van der Waals surface area contributed by atoms with Crippen LogP contribution in [0.25, 0.3) is 0 Å². The van der Waals surface area contributed by atoms with E-state index in [2.05, 4.69) is 21.7 Å². The third-order valence-electron chi connectivity index (χ3n) is 3.75. The van der Waals surface area contributed by atoms with E-state index in [0.29, 0.717) is 30.2 Å². The van der Waals surface area contributed by atoms with Crippen molar-refractivity contribution in [2.75, 3.05) is 20.8 Å². The molecule has 6 heteroatoms. The Morgan fingerprint density at radius 3 is 2.31 bits per heavy atom. The minimum atomic E-state index is 0.517. The first-order valence-electron chi connectivity index (χ1n) is 8.42. The molecule has 0 radical (unpaired) electrons. The molecule has 0 aromatic heterocycles. The Bertz CT molecular complexity index is 779. The fraction of sp³-hybridized carbons (Fsp3) is 0.300. The first kappa shape index (κ1) is 19.1. The molecule has 0 spiro atoms. The van der Waals surface area contributed by atoms with Crippen LogP contribution in [0.1, 0.15) is 23.6 Å². The fourth-order valence-electron chi connectivity index (χ4n) is 2.37. The lowest BCUT2D eigenvalue weighted by molar-refractivity contribution is 0.354. The van der Waals surface area contributed by atoms with Gasteiger partial charge in [-0.1, -0.05) is 18.2 Å². The van der Waals surface area contributed by atoms with Crippen molar-refractivity contribution in [1.29, 1.82) is 5.26 Å². The largest absolute Gasteiger partial charge is 0.493 e. The third kappa shape index (κ3) is 5.42. The number of hydrogen-bond acceptors (Lipinski definition) is 4. The lowest BCUT2D eigenvalue weighted by Crippen LogP contribution is -2.36. The number of aliphatic imine (C=N–C) groups is 1. The molecule has 0 heterocycles. The SMILES string of the molecule is CCNC(=NCc1ccc(OC)c(OC)c1)NCc1ccc(C#N)cc1. The molecule has 0 unspecified atom stereocenters. The first-order chi connectivity index (χ1) is 12.7. The molecule has 0 fully saturated rings. The van der Waals surface area contributed by atoms with Crippen LogP contribution in [0.15, 0.2) is 47.5 Å². The zero-order chi connectivity index (χ0) is 18.8. The van der Waals surface area contributed by atoms with E-state index in [-0.39, 0.29) is 0 Å². The second-order valence-corrected chi connectivity index (χ2v) is 5.55. The molecule has 6 nitrogen and oxygen atoms in total. The Hall–Kier alpha value is -3.20. The minimum Gasteiger partial charge on any atom is -0.493 e. The second-order valence-electron chi connectivity index (χ2n) is 5.55. The molecule has 0 saturated carbocycles. The zero-order valence-corrected chi connectivity index (χ0v) is 15.4. The van der Waals surface area contributed by atoms with Crippen molar-refractivity contribution < 1.29 is 9.47 Å². The van der Waals surface area contributed by atoms with Gasteiger partial charge in [0.1, 0.15) is 0 Å². The number of nitriles is 1. The van der Waals surface area contributed by atoms with Crippen molar-refractivity contribution in [3.05, 3.63) is 59.2 Å². The van der Waals surface area contributed by atoms with Crippen LogP contribution in [0.5, 0.6) is 11.5 Å². The molecule has 2 N–H and O–H groups in total. The molecule has 0 amide bonds. The van der Waals surface area contributed by atoms with Crippen LogP contribution in [-0.2, 0) is 13.1 Å². The predicted octanol–water partition coefficient (Wildman–Crippen LogP) is 2.83. The summed E-state index contributed by atoms with van der Waals surface area (Å²) >= 11 is 0. The van der Waals surface area contributed by atoms with E-state index in [0.717, 1.165) is 23.6 Å². The maximum Gasteiger partial charge on any atom is 0.191 e. The Labute approximate surface area is 154 Å². The van der Waals surface area contributed by atoms with Gasteiger partial charge in [0.05, 0.1) is 32.4 Å². The number of rotatable bonds is 7. The van der Waals surface area contributed by atoms with Gasteiger partial charge in [-0.25, -0.2) is 4.99 Å². The number of guanidine groups is 1. The summed E-state index contributed by atoms with van der Waals surface area (Å²) in [7, 11) is 3.24. The van der Waals surface area contributed by atoms with Gasteiger partial charge in [-0.05, 0) is 42.3 Å². The lowest BCUT2D eigenvalue weighted by Gasteiger charge is -2.12. The van der Waals surface area contributed by atoms with Crippen molar-refractivity contribution in [3.8, 4) is 17.6 Å². The van der Waals surface area contributed by atoms with Crippen LogP contribution in [0.3, 0.4) is 0 Å². The summed E-state index contributed by atoms with van der Waals surface area (Å²) in [6, 6.07) is 15.4. The Kier molecular flexibility index (Phi) is 7.31. The van der Waals surface area contributed by atoms with E-state index >= 15 is 0 Å². The lowest BCUT2D eigenvalue weighted by atomic mass is 10.1. The number of hydrogen-bond donors (Lipinski definition) is 2. The van der Waals surface area contributed by atoms with Crippen LogP contribution in [0.4, 0.5) is 0 Å². The van der Waals surface area contributed by atoms with Crippen molar-refractivity contribution in [1.82, 2.24) is 10.6 Å². The van der Waals surface area contributed by atoms with E-state index in [9.17, 15) is 0 Å². The average Bonchev–Trinajstić information content (AvgIpc) is 2.70. The highest BCUT2D eigenvalue weighted by molar-refractivity contribution is 5.79. The number of benzene rings is 2. The highest BCUT2D eigenvalue weighted by Gasteiger charge is 2.05. The van der Waals surface area contributed by atoms with Gasteiger partial charge in [-0.3, -0.25) is 0 Å². The van der Waals surface area contributed by atoms with E-state index in [1.54, 1.807) is 14.2 Å². The Balaban J connectivity index is 2.02. The van der Waals surface area contributed by atoms with Crippen molar-refractivity contribution in [3.63, 3.8) is 0 Å². The summed E-state index contributed by atoms with van der Waals surface area (Å²) in [5.74, 6) is 2.12. The van der Waals surface area contributed by atoms with Crippen LogP contribution in [0.2, 0.25) is 0 Å². The van der Waals surface area contributed by atoms with Crippen LogP contribution in [-0.4, -0.2) is 26.7 Å². The summed E-state index contributed by atoms with van der Waals surface area (Å²) in [4.78, 5) is 4.61. The molecule has 2 aromatic carbocycles. The highest BCUT2D eigenvalue weighted by atomic mass is 16.5. The smallest absolute Gasteiger partial charge is 0.191 e. The maximum absolute atomic E-state index is 8.85. The molecule has 0 atom stereocenters. The predicted molar refractivity (Wildman–Crippen MR) is 102 cm³/mol. The van der Waals surface area contributed by atoms with E-state index in [1.165, 1.54) is 0 Å². The number of methoxy groups -OCH3 is 2. The molecule has 136 valence electrons.